The standard InChI is InChI=1S/C37H76NO7P/c1-3-5-7-9-11-12-13-14-15-16-17-18-19-20-21-22-23-24-26-28-30-37(39)45-36(35-44-46(40,41)43-33-31-38)34-42-32-29-27-25-10-8-6-4-2/h36H,3-35,38H2,1-2H3,(H,40,41). The second-order valence-electron chi connectivity index (χ2n) is 13.2. The van der Waals surface area contributed by atoms with Crippen molar-refractivity contribution in [2.75, 3.05) is 33.0 Å². The number of hydrogen-bond acceptors (Lipinski definition) is 7. The zero-order valence-corrected chi connectivity index (χ0v) is 31.2. The van der Waals surface area contributed by atoms with Crippen molar-refractivity contribution in [3.8, 4) is 0 Å². The summed E-state index contributed by atoms with van der Waals surface area (Å²) in [4.78, 5) is 22.3. The lowest BCUT2D eigenvalue weighted by Gasteiger charge is -2.20. The van der Waals surface area contributed by atoms with Gasteiger partial charge >= 0.3 is 13.8 Å². The molecule has 0 radical (unpaired) electrons. The number of phosphoric ester groups is 1. The number of phosphoric acid groups is 1. The lowest BCUT2D eigenvalue weighted by atomic mass is 10.0. The molecule has 46 heavy (non-hydrogen) atoms. The molecule has 3 N–H and O–H groups in total. The number of ether oxygens (including phenoxy) is 2. The van der Waals surface area contributed by atoms with Gasteiger partial charge in [0.05, 0.1) is 19.8 Å². The summed E-state index contributed by atoms with van der Waals surface area (Å²) in [5, 5.41) is 0. The summed E-state index contributed by atoms with van der Waals surface area (Å²) in [6.45, 7) is 4.92. The maximum atomic E-state index is 12.5. The Morgan fingerprint density at radius 2 is 0.957 bits per heavy atom. The molecule has 0 aliphatic carbocycles. The highest BCUT2D eigenvalue weighted by Gasteiger charge is 2.25. The Balaban J connectivity index is 3.88. The fourth-order valence-corrected chi connectivity index (χ4v) is 6.41. The van der Waals surface area contributed by atoms with Crippen molar-refractivity contribution < 1.29 is 32.8 Å². The van der Waals surface area contributed by atoms with E-state index in [1.807, 2.05) is 0 Å². The van der Waals surface area contributed by atoms with Crippen molar-refractivity contribution in [3.05, 3.63) is 0 Å². The number of nitrogens with two attached hydrogens (primary N) is 1. The van der Waals surface area contributed by atoms with Gasteiger partial charge in [-0.15, -0.1) is 0 Å². The van der Waals surface area contributed by atoms with Gasteiger partial charge in [-0.1, -0.05) is 174 Å². The second kappa shape index (κ2) is 35.8. The Bertz CT molecular complexity index is 682. The Morgan fingerprint density at radius 3 is 1.37 bits per heavy atom. The van der Waals surface area contributed by atoms with Gasteiger partial charge in [0.2, 0.25) is 0 Å². The number of unbranched alkanes of at least 4 members (excludes halogenated alkanes) is 25. The molecule has 0 aliphatic rings. The molecule has 0 aromatic heterocycles. The van der Waals surface area contributed by atoms with E-state index in [9.17, 15) is 14.3 Å². The summed E-state index contributed by atoms with van der Waals surface area (Å²) in [5.74, 6) is -0.328. The smallest absolute Gasteiger partial charge is 0.457 e. The average Bonchev–Trinajstić information content (AvgIpc) is 3.04. The monoisotopic (exact) mass is 678 g/mol. The summed E-state index contributed by atoms with van der Waals surface area (Å²) < 4.78 is 33.2. The predicted molar refractivity (Wildman–Crippen MR) is 192 cm³/mol. The van der Waals surface area contributed by atoms with Crippen LogP contribution in [0.1, 0.15) is 194 Å². The molecule has 0 spiro atoms. The summed E-state index contributed by atoms with van der Waals surface area (Å²) in [7, 11) is -4.26. The molecular weight excluding hydrogens is 601 g/mol. The Labute approximate surface area is 284 Å². The van der Waals surface area contributed by atoms with Crippen LogP contribution in [0.3, 0.4) is 0 Å². The van der Waals surface area contributed by atoms with Crippen LogP contribution in [0.25, 0.3) is 0 Å². The molecule has 0 aromatic rings. The van der Waals surface area contributed by atoms with Crippen molar-refractivity contribution in [2.45, 2.75) is 200 Å². The van der Waals surface area contributed by atoms with E-state index in [0.717, 1.165) is 32.1 Å². The van der Waals surface area contributed by atoms with Gasteiger partial charge in [-0.05, 0) is 12.8 Å². The molecule has 276 valence electrons. The molecule has 0 aromatic carbocycles. The molecule has 0 rings (SSSR count). The van der Waals surface area contributed by atoms with Crippen LogP contribution < -0.4 is 5.73 Å². The number of rotatable bonds is 38. The average molecular weight is 678 g/mol. The van der Waals surface area contributed by atoms with E-state index in [-0.39, 0.29) is 32.3 Å². The third-order valence-electron chi connectivity index (χ3n) is 8.52. The maximum Gasteiger partial charge on any atom is 0.472 e. The molecule has 8 nitrogen and oxygen atoms in total. The van der Waals surface area contributed by atoms with Gasteiger partial charge in [0.1, 0.15) is 6.10 Å². The first-order valence-electron chi connectivity index (χ1n) is 19.5. The van der Waals surface area contributed by atoms with E-state index in [4.69, 9.17) is 24.3 Å². The zero-order valence-electron chi connectivity index (χ0n) is 30.3. The van der Waals surface area contributed by atoms with E-state index in [1.165, 1.54) is 141 Å². The van der Waals surface area contributed by atoms with Gasteiger partial charge in [0.15, 0.2) is 0 Å². The van der Waals surface area contributed by atoms with Crippen LogP contribution in [0.4, 0.5) is 0 Å². The molecule has 0 heterocycles. The topological polar surface area (TPSA) is 117 Å². The lowest BCUT2D eigenvalue weighted by molar-refractivity contribution is -0.154. The molecule has 0 fully saturated rings. The largest absolute Gasteiger partial charge is 0.472 e. The van der Waals surface area contributed by atoms with Crippen LogP contribution in [0.2, 0.25) is 0 Å². The van der Waals surface area contributed by atoms with Gasteiger partial charge < -0.3 is 20.1 Å². The second-order valence-corrected chi connectivity index (χ2v) is 14.6. The third-order valence-corrected chi connectivity index (χ3v) is 9.51. The van der Waals surface area contributed by atoms with Crippen LogP contribution in [-0.2, 0) is 27.9 Å². The highest BCUT2D eigenvalue weighted by atomic mass is 31.2. The first-order chi connectivity index (χ1) is 22.4. The highest BCUT2D eigenvalue weighted by molar-refractivity contribution is 7.47. The van der Waals surface area contributed by atoms with E-state index >= 15 is 0 Å². The molecule has 9 heteroatoms. The maximum absolute atomic E-state index is 12.5. The van der Waals surface area contributed by atoms with Crippen molar-refractivity contribution in [1.29, 1.82) is 0 Å². The van der Waals surface area contributed by atoms with E-state index < -0.39 is 13.9 Å². The van der Waals surface area contributed by atoms with Crippen LogP contribution in [0.15, 0.2) is 0 Å². The molecule has 0 aliphatic heterocycles. The van der Waals surface area contributed by atoms with Gasteiger partial charge in [0.25, 0.3) is 0 Å². The Hall–Kier alpha value is -0.500. The first-order valence-corrected chi connectivity index (χ1v) is 21.0. The first kappa shape index (κ1) is 45.5. The molecular formula is C37H76NO7P. The van der Waals surface area contributed by atoms with Gasteiger partial charge in [-0.3, -0.25) is 13.8 Å². The van der Waals surface area contributed by atoms with E-state index in [1.54, 1.807) is 0 Å². The van der Waals surface area contributed by atoms with Crippen LogP contribution >= 0.6 is 7.82 Å². The minimum Gasteiger partial charge on any atom is -0.457 e. The fourth-order valence-electron chi connectivity index (χ4n) is 5.64. The third kappa shape index (κ3) is 34.8. The highest BCUT2D eigenvalue weighted by Crippen LogP contribution is 2.43. The Kier molecular flexibility index (Phi) is 35.4. The zero-order chi connectivity index (χ0) is 33.8. The quantitative estimate of drug-likeness (QED) is 0.0377. The van der Waals surface area contributed by atoms with Crippen molar-refractivity contribution in [1.82, 2.24) is 0 Å². The fraction of sp³-hybridized carbons (Fsp3) is 0.973. The molecule has 0 amide bonds. The van der Waals surface area contributed by atoms with E-state index in [2.05, 4.69) is 13.8 Å². The minimum atomic E-state index is -4.26. The number of esters is 1. The van der Waals surface area contributed by atoms with Crippen LogP contribution in [0, 0.1) is 0 Å². The molecule has 0 saturated carbocycles. The van der Waals surface area contributed by atoms with Crippen LogP contribution in [0.5, 0.6) is 0 Å². The molecule has 2 atom stereocenters. The minimum absolute atomic E-state index is 0.0908. The summed E-state index contributed by atoms with van der Waals surface area (Å²) in [6, 6.07) is 0. The summed E-state index contributed by atoms with van der Waals surface area (Å²) >= 11 is 0. The number of carbonyl (C=O) groups is 1. The van der Waals surface area contributed by atoms with Crippen LogP contribution in [-0.4, -0.2) is 49.9 Å². The van der Waals surface area contributed by atoms with Crippen molar-refractivity contribution >= 4 is 13.8 Å². The molecule has 2 unspecified atom stereocenters. The predicted octanol–water partition coefficient (Wildman–Crippen LogP) is 11.0. The van der Waals surface area contributed by atoms with Crippen molar-refractivity contribution in [3.63, 3.8) is 0 Å². The number of hydrogen-bond donors (Lipinski definition) is 2. The molecule has 0 saturated heterocycles. The Morgan fingerprint density at radius 1 is 0.565 bits per heavy atom. The SMILES string of the molecule is CCCCCCCCCCCCCCCCCCCCCCC(=O)OC(COCCCCCCCCC)COP(=O)(O)OCCN. The van der Waals surface area contributed by atoms with Gasteiger partial charge in [-0.2, -0.15) is 0 Å². The van der Waals surface area contributed by atoms with Gasteiger partial charge in [0, 0.05) is 19.6 Å². The summed E-state index contributed by atoms with van der Waals surface area (Å²) in [5.41, 5.74) is 5.34. The lowest BCUT2D eigenvalue weighted by Crippen LogP contribution is -2.28. The van der Waals surface area contributed by atoms with E-state index in [0.29, 0.717) is 13.0 Å². The number of carbonyl (C=O) groups excluding carboxylic acids is 1. The van der Waals surface area contributed by atoms with Crippen molar-refractivity contribution in [2.24, 2.45) is 5.73 Å². The summed E-state index contributed by atoms with van der Waals surface area (Å²) in [6.07, 6.45) is 34.2. The molecule has 0 bridgehead atoms. The normalized spacial score (nSPS) is 13.6. The van der Waals surface area contributed by atoms with Gasteiger partial charge in [-0.25, -0.2) is 4.57 Å².